The number of hydrogen-bond donors (Lipinski definition) is 1. The molecule has 0 aliphatic carbocycles. The molecule has 0 bridgehead atoms. The molecule has 0 radical (unpaired) electrons. The molecule has 1 N–H and O–H groups in total. The fraction of sp³-hybridized carbons (Fsp3) is 0.250. The Labute approximate surface area is 258 Å². The summed E-state index contributed by atoms with van der Waals surface area (Å²) in [5, 5.41) is 9.44. The van der Waals surface area contributed by atoms with Gasteiger partial charge < -0.3 is 24.4 Å². The van der Waals surface area contributed by atoms with Crippen LogP contribution in [0.25, 0.3) is 11.1 Å². The maximum atomic E-state index is 14.1. The van der Waals surface area contributed by atoms with E-state index in [1.807, 2.05) is 73.7 Å². The lowest BCUT2D eigenvalue weighted by atomic mass is 9.93. The molecule has 2 amide bonds. The number of amides is 2. The lowest BCUT2D eigenvalue weighted by Gasteiger charge is -2.25. The molecule has 4 rings (SSSR count). The molecule has 0 fully saturated rings. The minimum absolute atomic E-state index is 0.0239. The molecule has 0 aromatic heterocycles. The van der Waals surface area contributed by atoms with Crippen molar-refractivity contribution < 1.29 is 29.0 Å². The summed E-state index contributed by atoms with van der Waals surface area (Å²) in [6.07, 6.45) is 0.219. The second-order valence-electron chi connectivity index (χ2n) is 10.3. The zero-order valence-corrected chi connectivity index (χ0v) is 25.4. The van der Waals surface area contributed by atoms with Gasteiger partial charge in [0.05, 0.1) is 20.6 Å². The Bertz CT molecular complexity index is 1590. The van der Waals surface area contributed by atoms with Gasteiger partial charge in [-0.25, -0.2) is 0 Å². The maximum absolute atomic E-state index is 14.1. The number of carboxylic acid groups (broad SMARTS) is 1. The summed E-state index contributed by atoms with van der Waals surface area (Å²) in [6.45, 7) is 3.20. The average Bonchev–Trinajstić information content (AvgIpc) is 3.06. The molecule has 4 aromatic rings. The van der Waals surface area contributed by atoms with E-state index in [-0.39, 0.29) is 31.3 Å². The van der Waals surface area contributed by atoms with E-state index in [0.717, 1.165) is 11.1 Å². The number of carbonyl (C=O) groups excluding carboxylic acids is 2. The maximum Gasteiger partial charge on any atom is 0.305 e. The van der Waals surface area contributed by atoms with Gasteiger partial charge in [-0.3, -0.25) is 14.4 Å². The molecule has 0 unspecified atom stereocenters. The molecule has 44 heavy (non-hydrogen) atoms. The monoisotopic (exact) mass is 594 g/mol. The number of aliphatic carboxylic acids is 1. The third-order valence-corrected chi connectivity index (χ3v) is 7.51. The molecule has 8 heteroatoms. The molecule has 0 aliphatic heterocycles. The second kappa shape index (κ2) is 15.4. The number of ether oxygens (including phenoxy) is 2. The minimum Gasteiger partial charge on any atom is -0.497 e. The first-order valence-electron chi connectivity index (χ1n) is 14.6. The number of hydrogen-bond acceptors (Lipinski definition) is 5. The van der Waals surface area contributed by atoms with Gasteiger partial charge in [0.1, 0.15) is 11.5 Å². The third kappa shape index (κ3) is 7.83. The van der Waals surface area contributed by atoms with Crippen LogP contribution in [0.3, 0.4) is 0 Å². The van der Waals surface area contributed by atoms with E-state index in [2.05, 4.69) is 0 Å². The Balaban J connectivity index is 1.67. The standard InChI is InChI=1S/C36H38N2O6/c1-4-37(25-26-12-6-5-7-13-26)35(41)31-16-10-8-14-29(31)30-15-9-11-17-32(30)36(42)38(23-21-34(39)40)22-20-27-24-28(43-2)18-19-33(27)44-3/h5-19,24H,4,20-23,25H2,1-3H3,(H,39,40). The molecular formula is C36H38N2O6. The van der Waals surface area contributed by atoms with Crippen LogP contribution in [0, 0.1) is 0 Å². The van der Waals surface area contributed by atoms with Gasteiger partial charge in [0, 0.05) is 37.3 Å². The van der Waals surface area contributed by atoms with E-state index in [9.17, 15) is 19.5 Å². The predicted octanol–water partition coefficient (Wildman–Crippen LogP) is 6.19. The van der Waals surface area contributed by atoms with E-state index in [1.54, 1.807) is 54.4 Å². The first kappa shape index (κ1) is 31.8. The molecule has 0 saturated heterocycles. The number of carboxylic acids is 1. The molecule has 0 aliphatic rings. The largest absolute Gasteiger partial charge is 0.497 e. The summed E-state index contributed by atoms with van der Waals surface area (Å²) >= 11 is 0. The first-order chi connectivity index (χ1) is 21.4. The van der Waals surface area contributed by atoms with Gasteiger partial charge in [-0.05, 0) is 65.9 Å². The van der Waals surface area contributed by atoms with E-state index < -0.39 is 5.97 Å². The predicted molar refractivity (Wildman–Crippen MR) is 170 cm³/mol. The summed E-state index contributed by atoms with van der Waals surface area (Å²) in [6, 6.07) is 29.7. The van der Waals surface area contributed by atoms with Crippen molar-refractivity contribution in [2.45, 2.75) is 26.3 Å². The number of methoxy groups -OCH3 is 2. The molecule has 0 saturated carbocycles. The van der Waals surface area contributed by atoms with E-state index >= 15 is 0 Å². The Morgan fingerprint density at radius 2 is 1.30 bits per heavy atom. The van der Waals surface area contributed by atoms with Crippen LogP contribution in [0.5, 0.6) is 11.5 Å². The van der Waals surface area contributed by atoms with Crippen LogP contribution in [0.1, 0.15) is 45.2 Å². The number of rotatable bonds is 14. The smallest absolute Gasteiger partial charge is 0.305 e. The van der Waals surface area contributed by atoms with Crippen LogP contribution in [0.4, 0.5) is 0 Å². The Morgan fingerprint density at radius 1 is 0.705 bits per heavy atom. The summed E-state index contributed by atoms with van der Waals surface area (Å²) < 4.78 is 10.9. The normalized spacial score (nSPS) is 10.6. The zero-order valence-electron chi connectivity index (χ0n) is 25.4. The second-order valence-corrected chi connectivity index (χ2v) is 10.3. The van der Waals surface area contributed by atoms with Gasteiger partial charge in [-0.2, -0.15) is 0 Å². The van der Waals surface area contributed by atoms with Crippen molar-refractivity contribution in [1.29, 1.82) is 0 Å². The van der Waals surface area contributed by atoms with Gasteiger partial charge in [-0.1, -0.05) is 66.7 Å². The summed E-state index contributed by atoms with van der Waals surface area (Å²) in [7, 11) is 3.16. The third-order valence-electron chi connectivity index (χ3n) is 7.51. The van der Waals surface area contributed by atoms with Crippen molar-refractivity contribution in [3.63, 3.8) is 0 Å². The Hall–Kier alpha value is -5.11. The fourth-order valence-electron chi connectivity index (χ4n) is 5.16. The minimum atomic E-state index is -0.996. The molecule has 0 spiro atoms. The van der Waals surface area contributed by atoms with Crippen LogP contribution >= 0.6 is 0 Å². The van der Waals surface area contributed by atoms with Crippen LogP contribution < -0.4 is 9.47 Å². The fourth-order valence-corrected chi connectivity index (χ4v) is 5.16. The van der Waals surface area contributed by atoms with Crippen molar-refractivity contribution in [1.82, 2.24) is 9.80 Å². The first-order valence-corrected chi connectivity index (χ1v) is 14.6. The summed E-state index contributed by atoms with van der Waals surface area (Å²) in [5.74, 6) is -0.141. The Kier molecular flexibility index (Phi) is 11.1. The van der Waals surface area contributed by atoms with E-state index in [1.165, 1.54) is 0 Å². The lowest BCUT2D eigenvalue weighted by Crippen LogP contribution is -2.35. The quantitative estimate of drug-likeness (QED) is 0.187. The van der Waals surface area contributed by atoms with Crippen LogP contribution in [-0.2, 0) is 17.8 Å². The highest BCUT2D eigenvalue weighted by atomic mass is 16.5. The highest BCUT2D eigenvalue weighted by Crippen LogP contribution is 2.30. The van der Waals surface area contributed by atoms with Gasteiger partial charge >= 0.3 is 5.97 Å². The zero-order chi connectivity index (χ0) is 31.5. The molecule has 228 valence electrons. The SMILES string of the molecule is CCN(Cc1ccccc1)C(=O)c1ccccc1-c1ccccc1C(=O)N(CCC(=O)O)CCc1cc(OC)ccc1OC. The van der Waals surface area contributed by atoms with Crippen LogP contribution in [0.2, 0.25) is 0 Å². The van der Waals surface area contributed by atoms with Crippen LogP contribution in [0.15, 0.2) is 97.1 Å². The highest BCUT2D eigenvalue weighted by molar-refractivity contribution is 6.06. The van der Waals surface area contributed by atoms with Gasteiger partial charge in [-0.15, -0.1) is 0 Å². The van der Waals surface area contributed by atoms with E-state index in [4.69, 9.17) is 9.47 Å². The van der Waals surface area contributed by atoms with Gasteiger partial charge in [0.25, 0.3) is 11.8 Å². The van der Waals surface area contributed by atoms with Crippen molar-refractivity contribution in [2.75, 3.05) is 33.9 Å². The lowest BCUT2D eigenvalue weighted by molar-refractivity contribution is -0.137. The number of carbonyl (C=O) groups is 3. The molecule has 4 aromatic carbocycles. The van der Waals surface area contributed by atoms with Gasteiger partial charge in [0.15, 0.2) is 0 Å². The summed E-state index contributed by atoms with van der Waals surface area (Å²) in [5.41, 5.74) is 3.99. The van der Waals surface area contributed by atoms with Gasteiger partial charge in [0.2, 0.25) is 0 Å². The summed E-state index contributed by atoms with van der Waals surface area (Å²) in [4.78, 5) is 42.9. The molecule has 0 atom stereocenters. The number of nitrogens with zero attached hydrogens (tertiary/aromatic N) is 2. The molecule has 0 heterocycles. The highest BCUT2D eigenvalue weighted by Gasteiger charge is 2.24. The van der Waals surface area contributed by atoms with Crippen molar-refractivity contribution in [3.8, 4) is 22.6 Å². The average molecular weight is 595 g/mol. The van der Waals surface area contributed by atoms with E-state index in [0.29, 0.717) is 53.3 Å². The topological polar surface area (TPSA) is 96.4 Å². The number of benzene rings is 4. The van der Waals surface area contributed by atoms with Crippen LogP contribution in [-0.4, -0.2) is 66.5 Å². The van der Waals surface area contributed by atoms with Crippen molar-refractivity contribution in [3.05, 3.63) is 119 Å². The Morgan fingerprint density at radius 3 is 1.86 bits per heavy atom. The van der Waals surface area contributed by atoms with Crippen molar-refractivity contribution >= 4 is 17.8 Å². The molecular weight excluding hydrogens is 556 g/mol. The van der Waals surface area contributed by atoms with Crippen molar-refractivity contribution in [2.24, 2.45) is 0 Å². The molecule has 8 nitrogen and oxygen atoms in total.